The van der Waals surface area contributed by atoms with Crippen molar-refractivity contribution < 1.29 is 13.0 Å². The number of hydrogen-bond acceptors (Lipinski definition) is 3. The fourth-order valence-electron chi connectivity index (χ4n) is 2.70. The number of halogens is 2. The van der Waals surface area contributed by atoms with Gasteiger partial charge in [0, 0.05) is 17.3 Å². The predicted octanol–water partition coefficient (Wildman–Crippen LogP) is 6.50. The van der Waals surface area contributed by atoms with Crippen LogP contribution in [0.25, 0.3) is 10.1 Å². The summed E-state index contributed by atoms with van der Waals surface area (Å²) in [6.45, 7) is 0. The molecule has 0 amide bonds. The number of benzene rings is 3. The molecule has 5 nitrogen and oxygen atoms in total. The Labute approximate surface area is 191 Å². The summed E-state index contributed by atoms with van der Waals surface area (Å²) >= 11 is 12.9. The SMILES string of the molecule is NS(=O)(=O)c1ccc(NP(=O)(/C=C(\Cl)c2ccccc2)/C=C(\Cl)c2ccccc2)cc1. The molecule has 0 aliphatic heterocycles. The molecule has 31 heavy (non-hydrogen) atoms. The van der Waals surface area contributed by atoms with E-state index in [0.717, 1.165) is 0 Å². The number of rotatable bonds is 7. The van der Waals surface area contributed by atoms with E-state index in [9.17, 15) is 13.0 Å². The molecule has 3 aromatic carbocycles. The van der Waals surface area contributed by atoms with Crippen molar-refractivity contribution in [3.63, 3.8) is 0 Å². The molecule has 3 rings (SSSR count). The van der Waals surface area contributed by atoms with E-state index in [1.165, 1.54) is 35.9 Å². The molecule has 0 unspecified atom stereocenters. The highest BCUT2D eigenvalue weighted by Crippen LogP contribution is 2.53. The van der Waals surface area contributed by atoms with Crippen molar-refractivity contribution in [3.05, 3.63) is 108 Å². The standard InChI is InChI=1S/C22H19Cl2N2O3PS/c23-21(17-7-3-1-4-8-17)15-30(27,16-22(24)18-9-5-2-6-10-18)26-19-11-13-20(14-12-19)31(25,28)29/h1-16H,(H,26,27)(H2,25,28,29)/b21-15-,22-16-. The highest BCUT2D eigenvalue weighted by atomic mass is 35.5. The van der Waals surface area contributed by atoms with Crippen molar-refractivity contribution in [2.45, 2.75) is 4.90 Å². The average Bonchev–Trinajstić information content (AvgIpc) is 2.74. The van der Waals surface area contributed by atoms with E-state index in [1.807, 2.05) is 36.4 Å². The van der Waals surface area contributed by atoms with Crippen LogP contribution in [-0.2, 0) is 14.6 Å². The maximum Gasteiger partial charge on any atom is 0.238 e. The number of sulfonamides is 1. The summed E-state index contributed by atoms with van der Waals surface area (Å²) in [4.78, 5) is -0.0522. The second kappa shape index (κ2) is 9.86. The lowest BCUT2D eigenvalue weighted by Gasteiger charge is -2.16. The molecule has 0 fully saturated rings. The van der Waals surface area contributed by atoms with Crippen molar-refractivity contribution in [2.75, 3.05) is 5.09 Å². The van der Waals surface area contributed by atoms with Crippen LogP contribution in [0.15, 0.2) is 101 Å². The summed E-state index contributed by atoms with van der Waals surface area (Å²) in [6.07, 6.45) is 0. The van der Waals surface area contributed by atoms with Gasteiger partial charge >= 0.3 is 0 Å². The third-order valence-electron chi connectivity index (χ3n) is 4.20. The van der Waals surface area contributed by atoms with Crippen molar-refractivity contribution >= 4 is 56.3 Å². The smallest absolute Gasteiger partial charge is 0.238 e. The summed E-state index contributed by atoms with van der Waals surface area (Å²) in [5, 5.41) is 8.64. The van der Waals surface area contributed by atoms with E-state index in [4.69, 9.17) is 28.3 Å². The van der Waals surface area contributed by atoms with Crippen LogP contribution in [0.4, 0.5) is 5.69 Å². The summed E-state index contributed by atoms with van der Waals surface area (Å²) in [5.41, 5.74) is 1.80. The van der Waals surface area contributed by atoms with Gasteiger partial charge in [0.15, 0.2) is 0 Å². The van der Waals surface area contributed by atoms with Crippen LogP contribution >= 0.6 is 30.5 Å². The van der Waals surface area contributed by atoms with Crippen molar-refractivity contribution in [2.24, 2.45) is 5.14 Å². The molecule has 0 aliphatic carbocycles. The van der Waals surface area contributed by atoms with Gasteiger partial charge in [0.05, 0.1) is 15.0 Å². The Morgan fingerprint density at radius 3 is 1.58 bits per heavy atom. The molecule has 0 atom stereocenters. The van der Waals surface area contributed by atoms with Crippen LogP contribution in [0, 0.1) is 0 Å². The predicted molar refractivity (Wildman–Crippen MR) is 130 cm³/mol. The zero-order valence-corrected chi connectivity index (χ0v) is 19.4. The van der Waals surface area contributed by atoms with Gasteiger partial charge in [-0.05, 0) is 35.4 Å². The van der Waals surface area contributed by atoms with Crippen molar-refractivity contribution in [3.8, 4) is 0 Å². The monoisotopic (exact) mass is 492 g/mol. The van der Waals surface area contributed by atoms with E-state index in [1.54, 1.807) is 24.3 Å². The van der Waals surface area contributed by atoms with Gasteiger partial charge in [-0.1, -0.05) is 83.9 Å². The Morgan fingerprint density at radius 1 is 0.774 bits per heavy atom. The fraction of sp³-hybridized carbons (Fsp3) is 0. The van der Waals surface area contributed by atoms with Crippen LogP contribution in [0.1, 0.15) is 11.1 Å². The molecule has 0 aliphatic rings. The molecule has 0 heterocycles. The summed E-state index contributed by atoms with van der Waals surface area (Å²) in [6, 6.07) is 23.8. The molecular weight excluding hydrogens is 474 g/mol. The Morgan fingerprint density at radius 2 is 1.19 bits per heavy atom. The summed E-state index contributed by atoms with van der Waals surface area (Å²) in [7, 11) is -7.30. The first-order valence-corrected chi connectivity index (χ1v) is 13.2. The lowest BCUT2D eigenvalue weighted by atomic mass is 10.2. The van der Waals surface area contributed by atoms with Gasteiger partial charge in [0.2, 0.25) is 17.3 Å². The average molecular weight is 493 g/mol. The summed E-state index contributed by atoms with van der Waals surface area (Å²) < 4.78 is 36.8. The number of nitrogens with one attached hydrogen (secondary N) is 1. The zero-order chi connectivity index (χ0) is 22.5. The molecule has 0 aromatic heterocycles. The third-order valence-corrected chi connectivity index (χ3v) is 7.98. The first-order chi connectivity index (χ1) is 14.7. The summed E-state index contributed by atoms with van der Waals surface area (Å²) in [5.74, 6) is 2.84. The van der Waals surface area contributed by atoms with Crippen LogP contribution in [0.2, 0.25) is 0 Å². The van der Waals surface area contributed by atoms with E-state index in [0.29, 0.717) is 16.8 Å². The Kier molecular flexibility index (Phi) is 7.42. The number of hydrogen-bond donors (Lipinski definition) is 2. The van der Waals surface area contributed by atoms with Crippen LogP contribution in [0.5, 0.6) is 0 Å². The minimum absolute atomic E-state index is 0.0522. The topological polar surface area (TPSA) is 89.3 Å². The van der Waals surface area contributed by atoms with E-state index in [-0.39, 0.29) is 15.0 Å². The van der Waals surface area contributed by atoms with Crippen LogP contribution in [-0.4, -0.2) is 8.42 Å². The molecule has 3 N–H and O–H groups in total. The normalized spacial score (nSPS) is 13.1. The third kappa shape index (κ3) is 6.57. The Bertz CT molecular complexity index is 1200. The Hall–Kier alpha value is -2.34. The molecule has 9 heteroatoms. The highest BCUT2D eigenvalue weighted by molar-refractivity contribution is 7.89. The Balaban J connectivity index is 2.02. The second-order valence-corrected chi connectivity index (χ2v) is 11.1. The fourth-order valence-corrected chi connectivity index (χ4v) is 6.07. The van der Waals surface area contributed by atoms with Crippen molar-refractivity contribution in [1.82, 2.24) is 0 Å². The quantitative estimate of drug-likeness (QED) is 0.368. The molecule has 0 bridgehead atoms. The molecule has 0 radical (unpaired) electrons. The van der Waals surface area contributed by atoms with Crippen LogP contribution in [0.3, 0.4) is 0 Å². The maximum absolute atomic E-state index is 13.9. The van der Waals surface area contributed by atoms with Gasteiger partial charge < -0.3 is 5.09 Å². The van der Waals surface area contributed by atoms with Gasteiger partial charge in [-0.15, -0.1) is 0 Å². The first-order valence-electron chi connectivity index (χ1n) is 9.04. The van der Waals surface area contributed by atoms with E-state index >= 15 is 0 Å². The van der Waals surface area contributed by atoms with E-state index < -0.39 is 17.3 Å². The van der Waals surface area contributed by atoms with Crippen LogP contribution < -0.4 is 10.2 Å². The van der Waals surface area contributed by atoms with Crippen molar-refractivity contribution in [1.29, 1.82) is 0 Å². The second-order valence-electron chi connectivity index (χ2n) is 6.58. The lowest BCUT2D eigenvalue weighted by molar-refractivity contribution is 0.589. The minimum atomic E-state index is -3.84. The maximum atomic E-state index is 13.9. The molecule has 0 spiro atoms. The van der Waals surface area contributed by atoms with E-state index in [2.05, 4.69) is 5.09 Å². The lowest BCUT2D eigenvalue weighted by Crippen LogP contribution is -2.11. The van der Waals surface area contributed by atoms with Gasteiger partial charge in [0.1, 0.15) is 0 Å². The van der Waals surface area contributed by atoms with Gasteiger partial charge in [-0.2, -0.15) is 0 Å². The molecule has 160 valence electrons. The van der Waals surface area contributed by atoms with Gasteiger partial charge in [-0.3, -0.25) is 4.57 Å². The first kappa shape index (κ1) is 23.3. The minimum Gasteiger partial charge on any atom is -0.330 e. The number of primary sulfonamides is 1. The molecule has 0 saturated carbocycles. The molecule has 0 saturated heterocycles. The number of nitrogens with two attached hydrogens (primary N) is 1. The zero-order valence-electron chi connectivity index (χ0n) is 16.2. The van der Waals surface area contributed by atoms with Gasteiger partial charge in [0.25, 0.3) is 0 Å². The molecular formula is C22H19Cl2N2O3PS. The largest absolute Gasteiger partial charge is 0.330 e. The highest BCUT2D eigenvalue weighted by Gasteiger charge is 2.20. The van der Waals surface area contributed by atoms with Gasteiger partial charge in [-0.25, -0.2) is 13.6 Å². The molecule has 3 aromatic rings. The number of anilines is 1.